The number of nitrogens with one attached hydrogen (secondary N) is 2. The molecule has 0 radical (unpaired) electrons. The summed E-state index contributed by atoms with van der Waals surface area (Å²) >= 11 is 0. The highest BCUT2D eigenvalue weighted by molar-refractivity contribution is 6.05. The highest BCUT2D eigenvalue weighted by Gasteiger charge is 2.11. The van der Waals surface area contributed by atoms with E-state index in [9.17, 15) is 9.59 Å². The molecule has 148 valence electrons. The van der Waals surface area contributed by atoms with E-state index < -0.39 is 0 Å². The zero-order valence-corrected chi connectivity index (χ0v) is 16.7. The number of anilines is 3. The predicted octanol–water partition coefficient (Wildman–Crippen LogP) is 4.87. The zero-order valence-electron chi connectivity index (χ0n) is 16.7. The fourth-order valence-corrected chi connectivity index (χ4v) is 2.89. The molecule has 3 aromatic rings. The summed E-state index contributed by atoms with van der Waals surface area (Å²) in [7, 11) is 0. The molecule has 0 saturated carbocycles. The molecule has 0 fully saturated rings. The Balaban J connectivity index is 1.72. The lowest BCUT2D eigenvalue weighted by molar-refractivity contribution is 0.0526. The second-order valence-corrected chi connectivity index (χ2v) is 6.57. The van der Waals surface area contributed by atoms with Crippen molar-refractivity contribution in [2.75, 3.05) is 17.2 Å². The van der Waals surface area contributed by atoms with E-state index in [-0.39, 0.29) is 11.9 Å². The summed E-state index contributed by atoms with van der Waals surface area (Å²) in [6.07, 6.45) is 1.58. The zero-order chi connectivity index (χ0) is 20.8. The Labute approximate surface area is 169 Å². The van der Waals surface area contributed by atoms with Crippen molar-refractivity contribution < 1.29 is 14.3 Å². The molecule has 1 amide bonds. The molecule has 2 aromatic carbocycles. The van der Waals surface area contributed by atoms with Gasteiger partial charge in [-0.05, 0) is 68.3 Å². The first kappa shape index (κ1) is 20.1. The number of rotatable bonds is 6. The maximum atomic E-state index is 12.7. The monoisotopic (exact) mass is 389 g/mol. The summed E-state index contributed by atoms with van der Waals surface area (Å²) < 4.78 is 4.98. The largest absolute Gasteiger partial charge is 0.462 e. The van der Waals surface area contributed by atoms with Crippen LogP contribution in [0.1, 0.15) is 38.8 Å². The van der Waals surface area contributed by atoms with Gasteiger partial charge < -0.3 is 15.4 Å². The van der Waals surface area contributed by atoms with E-state index >= 15 is 0 Å². The molecule has 29 heavy (non-hydrogen) atoms. The van der Waals surface area contributed by atoms with Gasteiger partial charge in [0, 0.05) is 23.1 Å². The van der Waals surface area contributed by atoms with Crippen molar-refractivity contribution in [3.8, 4) is 0 Å². The Bertz CT molecular complexity index is 1010. The first-order chi connectivity index (χ1) is 14.0. The average Bonchev–Trinajstić information content (AvgIpc) is 2.71. The number of carbonyl (C=O) groups is 2. The van der Waals surface area contributed by atoms with Crippen molar-refractivity contribution in [1.82, 2.24) is 4.98 Å². The Kier molecular flexibility index (Phi) is 6.24. The van der Waals surface area contributed by atoms with Gasteiger partial charge in [0.25, 0.3) is 5.91 Å². The van der Waals surface area contributed by atoms with E-state index in [4.69, 9.17) is 4.74 Å². The second-order valence-electron chi connectivity index (χ2n) is 6.57. The number of nitrogens with zero attached hydrogens (tertiary/aromatic N) is 1. The normalized spacial score (nSPS) is 10.3. The maximum Gasteiger partial charge on any atom is 0.338 e. The summed E-state index contributed by atoms with van der Waals surface area (Å²) in [4.78, 5) is 28.7. The molecule has 3 rings (SSSR count). The van der Waals surface area contributed by atoms with Crippen LogP contribution in [0.4, 0.5) is 17.2 Å². The Morgan fingerprint density at radius 3 is 2.31 bits per heavy atom. The number of hydrogen-bond donors (Lipinski definition) is 2. The fourth-order valence-electron chi connectivity index (χ4n) is 2.89. The number of benzene rings is 2. The van der Waals surface area contributed by atoms with Crippen molar-refractivity contribution in [3.63, 3.8) is 0 Å². The number of para-hydroxylation sites is 1. The standard InChI is InChI=1S/C23H23N3O3/c1-4-29-23(28)17-8-10-19(11-9-17)25-20-14-18(12-13-24-20)22(27)26-21-15(2)6-5-7-16(21)3/h5-14H,4H2,1-3H3,(H,24,25)(H,26,27). The van der Waals surface area contributed by atoms with Crippen LogP contribution < -0.4 is 10.6 Å². The lowest BCUT2D eigenvalue weighted by Gasteiger charge is -2.12. The number of esters is 1. The molecule has 2 N–H and O–H groups in total. The summed E-state index contributed by atoms with van der Waals surface area (Å²) in [6.45, 7) is 6.02. The van der Waals surface area contributed by atoms with E-state index in [0.29, 0.717) is 23.6 Å². The summed E-state index contributed by atoms with van der Waals surface area (Å²) in [5, 5.41) is 6.11. The van der Waals surface area contributed by atoms with E-state index in [1.807, 2.05) is 32.0 Å². The van der Waals surface area contributed by atoms with Gasteiger partial charge in [0.1, 0.15) is 5.82 Å². The molecule has 0 atom stereocenters. The highest BCUT2D eigenvalue weighted by atomic mass is 16.5. The fraction of sp³-hybridized carbons (Fsp3) is 0.174. The molecular weight excluding hydrogens is 366 g/mol. The van der Waals surface area contributed by atoms with Crippen LogP contribution in [0.5, 0.6) is 0 Å². The van der Waals surface area contributed by atoms with Crippen LogP contribution in [-0.4, -0.2) is 23.5 Å². The van der Waals surface area contributed by atoms with Gasteiger partial charge in [-0.2, -0.15) is 0 Å². The highest BCUT2D eigenvalue weighted by Crippen LogP contribution is 2.21. The van der Waals surface area contributed by atoms with Crippen LogP contribution in [-0.2, 0) is 4.74 Å². The molecule has 6 nitrogen and oxygen atoms in total. The van der Waals surface area contributed by atoms with Gasteiger partial charge in [-0.3, -0.25) is 4.79 Å². The van der Waals surface area contributed by atoms with E-state index in [2.05, 4.69) is 15.6 Å². The molecular formula is C23H23N3O3. The lowest BCUT2D eigenvalue weighted by atomic mass is 10.1. The van der Waals surface area contributed by atoms with E-state index in [0.717, 1.165) is 22.5 Å². The van der Waals surface area contributed by atoms with Crippen molar-refractivity contribution in [2.24, 2.45) is 0 Å². The topological polar surface area (TPSA) is 80.3 Å². The van der Waals surface area contributed by atoms with Crippen LogP contribution in [0, 0.1) is 13.8 Å². The first-order valence-corrected chi connectivity index (χ1v) is 9.35. The third-order valence-electron chi connectivity index (χ3n) is 4.41. The Morgan fingerprint density at radius 1 is 0.966 bits per heavy atom. The van der Waals surface area contributed by atoms with Crippen molar-refractivity contribution in [3.05, 3.63) is 83.0 Å². The smallest absolute Gasteiger partial charge is 0.338 e. The number of hydrogen-bond acceptors (Lipinski definition) is 5. The van der Waals surface area contributed by atoms with Gasteiger partial charge in [0.05, 0.1) is 12.2 Å². The molecule has 0 bridgehead atoms. The van der Waals surface area contributed by atoms with Crippen LogP contribution in [0.15, 0.2) is 60.8 Å². The quantitative estimate of drug-likeness (QED) is 0.588. The van der Waals surface area contributed by atoms with Crippen molar-refractivity contribution >= 4 is 29.1 Å². The third kappa shape index (κ3) is 4.99. The molecule has 0 aliphatic rings. The SMILES string of the molecule is CCOC(=O)c1ccc(Nc2cc(C(=O)Nc3c(C)cccc3C)ccn2)cc1. The summed E-state index contributed by atoms with van der Waals surface area (Å²) in [5.41, 5.74) is 4.55. The van der Waals surface area contributed by atoms with Crippen LogP contribution in [0.25, 0.3) is 0 Å². The number of aryl methyl sites for hydroxylation is 2. The number of amides is 1. The van der Waals surface area contributed by atoms with E-state index in [1.165, 1.54) is 0 Å². The number of aromatic nitrogens is 1. The van der Waals surface area contributed by atoms with Gasteiger partial charge >= 0.3 is 5.97 Å². The van der Waals surface area contributed by atoms with Crippen LogP contribution >= 0.6 is 0 Å². The Hall–Kier alpha value is -3.67. The number of carbonyl (C=O) groups excluding carboxylic acids is 2. The Morgan fingerprint density at radius 2 is 1.66 bits per heavy atom. The molecule has 0 aliphatic carbocycles. The number of ether oxygens (including phenoxy) is 1. The molecule has 0 aliphatic heterocycles. The lowest BCUT2D eigenvalue weighted by Crippen LogP contribution is -2.14. The molecule has 1 heterocycles. The number of pyridine rings is 1. The van der Waals surface area contributed by atoms with Gasteiger partial charge in [-0.15, -0.1) is 0 Å². The van der Waals surface area contributed by atoms with Crippen LogP contribution in [0.2, 0.25) is 0 Å². The molecule has 1 aromatic heterocycles. The van der Waals surface area contributed by atoms with Gasteiger partial charge in [-0.25, -0.2) is 9.78 Å². The minimum Gasteiger partial charge on any atom is -0.462 e. The minimum absolute atomic E-state index is 0.203. The molecule has 6 heteroatoms. The van der Waals surface area contributed by atoms with Gasteiger partial charge in [-0.1, -0.05) is 18.2 Å². The minimum atomic E-state index is -0.359. The van der Waals surface area contributed by atoms with Crippen LogP contribution in [0.3, 0.4) is 0 Å². The maximum absolute atomic E-state index is 12.7. The van der Waals surface area contributed by atoms with Crippen molar-refractivity contribution in [2.45, 2.75) is 20.8 Å². The van der Waals surface area contributed by atoms with Gasteiger partial charge in [0.15, 0.2) is 0 Å². The van der Waals surface area contributed by atoms with Crippen molar-refractivity contribution in [1.29, 1.82) is 0 Å². The average molecular weight is 389 g/mol. The van der Waals surface area contributed by atoms with E-state index in [1.54, 1.807) is 49.5 Å². The third-order valence-corrected chi connectivity index (χ3v) is 4.41. The summed E-state index contributed by atoms with van der Waals surface area (Å²) in [6, 6.07) is 16.1. The molecule has 0 unspecified atom stereocenters. The second kappa shape index (κ2) is 9.01. The molecule has 0 saturated heterocycles. The molecule has 0 spiro atoms. The summed E-state index contributed by atoms with van der Waals surface area (Å²) in [5.74, 6) is -0.0316. The first-order valence-electron chi connectivity index (χ1n) is 9.35. The predicted molar refractivity (Wildman–Crippen MR) is 114 cm³/mol. The van der Waals surface area contributed by atoms with Gasteiger partial charge in [0.2, 0.25) is 0 Å².